The van der Waals surface area contributed by atoms with E-state index in [1.165, 1.54) is 6.07 Å². The lowest BCUT2D eigenvalue weighted by Gasteiger charge is -2.37. The highest BCUT2D eigenvalue weighted by molar-refractivity contribution is 5.68. The van der Waals surface area contributed by atoms with Gasteiger partial charge in [-0.1, -0.05) is 26.0 Å². The minimum Gasteiger partial charge on any atom is -0.497 e. The van der Waals surface area contributed by atoms with E-state index in [1.807, 2.05) is 30.3 Å². The second kappa shape index (κ2) is 11.5. The maximum Gasteiger partial charge on any atom is 0.303 e. The Hall–Kier alpha value is -2.56. The largest absolute Gasteiger partial charge is 0.497 e. The molecule has 2 aliphatic rings. The fraction of sp³-hybridized carbons (Fsp3) is 0.567. The highest BCUT2D eigenvalue weighted by Gasteiger charge is 2.35. The molecule has 0 saturated heterocycles. The highest BCUT2D eigenvalue weighted by Crippen LogP contribution is 2.46. The van der Waals surface area contributed by atoms with Gasteiger partial charge in [0.15, 0.2) is 0 Å². The van der Waals surface area contributed by atoms with Crippen LogP contribution >= 0.6 is 0 Å². The predicted octanol–water partition coefficient (Wildman–Crippen LogP) is 7.43. The van der Waals surface area contributed by atoms with Gasteiger partial charge in [0, 0.05) is 0 Å². The maximum absolute atomic E-state index is 14.7. The molecule has 0 aromatic heterocycles. The van der Waals surface area contributed by atoms with E-state index in [4.69, 9.17) is 9.47 Å². The Bertz CT molecular complexity index is 1000. The molecule has 4 atom stereocenters. The topological polar surface area (TPSA) is 55.8 Å². The third kappa shape index (κ3) is 6.77. The first kappa shape index (κ1) is 25.5. The molecule has 0 radical (unpaired) electrons. The Labute approximate surface area is 208 Å². The van der Waals surface area contributed by atoms with Crippen LogP contribution in [0.1, 0.15) is 81.8 Å². The molecule has 2 aromatic carbocycles. The lowest BCUT2D eigenvalue weighted by Crippen LogP contribution is -2.30. The standard InChI is InChI=1S/C30H39FO4/c1-19(2)13-24-14-22(28-16-25(34-3)11-12-29(28)31)9-10-23(24)18-35-26-6-4-5-21(15-26)27(17-30(32)33)20-7-8-20/h4-6,11-12,15-16,19-20,22-24,27H,7-10,13-14,17-18H2,1-3H3,(H,32,33). The van der Waals surface area contributed by atoms with Crippen molar-refractivity contribution < 1.29 is 23.8 Å². The molecular weight excluding hydrogens is 443 g/mol. The third-order valence-corrected chi connectivity index (χ3v) is 7.89. The lowest BCUT2D eigenvalue weighted by atomic mass is 9.69. The monoisotopic (exact) mass is 482 g/mol. The quantitative estimate of drug-likeness (QED) is 0.362. The molecule has 0 bridgehead atoms. The summed E-state index contributed by atoms with van der Waals surface area (Å²) in [5.41, 5.74) is 1.85. The van der Waals surface area contributed by atoms with E-state index in [0.717, 1.165) is 55.4 Å². The zero-order valence-electron chi connectivity index (χ0n) is 21.2. The number of carboxylic acids is 1. The first-order valence-electron chi connectivity index (χ1n) is 13.1. The van der Waals surface area contributed by atoms with Crippen molar-refractivity contribution in [3.63, 3.8) is 0 Å². The average Bonchev–Trinajstić information content (AvgIpc) is 3.67. The summed E-state index contributed by atoms with van der Waals surface area (Å²) in [6.45, 7) is 5.14. The summed E-state index contributed by atoms with van der Waals surface area (Å²) in [6, 6.07) is 13.1. The number of ether oxygens (including phenoxy) is 2. The molecule has 0 aliphatic heterocycles. The fourth-order valence-electron chi connectivity index (χ4n) is 5.97. The molecule has 0 spiro atoms. The Morgan fingerprint density at radius 3 is 2.54 bits per heavy atom. The number of halogens is 1. The summed E-state index contributed by atoms with van der Waals surface area (Å²) in [4.78, 5) is 11.4. The van der Waals surface area contributed by atoms with E-state index in [1.54, 1.807) is 13.2 Å². The van der Waals surface area contributed by atoms with Crippen molar-refractivity contribution in [1.29, 1.82) is 0 Å². The van der Waals surface area contributed by atoms with Crippen LogP contribution in [0.4, 0.5) is 4.39 Å². The molecule has 5 heteroatoms. The molecule has 2 fully saturated rings. The van der Waals surface area contributed by atoms with Crippen LogP contribution in [0.15, 0.2) is 42.5 Å². The first-order valence-corrected chi connectivity index (χ1v) is 13.1. The van der Waals surface area contributed by atoms with Gasteiger partial charge in [-0.05, 0) is 115 Å². The van der Waals surface area contributed by atoms with Crippen LogP contribution < -0.4 is 9.47 Å². The number of hydrogen-bond acceptors (Lipinski definition) is 3. The van der Waals surface area contributed by atoms with Gasteiger partial charge >= 0.3 is 5.97 Å². The molecule has 1 N–H and O–H groups in total. The summed E-state index contributed by atoms with van der Waals surface area (Å²) in [6.07, 6.45) is 6.39. The third-order valence-electron chi connectivity index (χ3n) is 7.89. The van der Waals surface area contributed by atoms with Crippen molar-refractivity contribution in [2.24, 2.45) is 23.7 Å². The number of hydrogen-bond donors (Lipinski definition) is 1. The second-order valence-electron chi connectivity index (χ2n) is 11.0. The molecule has 2 aromatic rings. The number of benzene rings is 2. The van der Waals surface area contributed by atoms with Crippen LogP contribution in [0.2, 0.25) is 0 Å². The van der Waals surface area contributed by atoms with Crippen molar-refractivity contribution in [3.05, 3.63) is 59.4 Å². The fourth-order valence-corrected chi connectivity index (χ4v) is 5.97. The zero-order chi connectivity index (χ0) is 24.9. The molecule has 2 aliphatic carbocycles. The number of aliphatic carboxylic acids is 1. The molecule has 4 unspecified atom stereocenters. The SMILES string of the molecule is COc1ccc(F)c(C2CCC(COc3cccc(C(CC(=O)O)C4CC4)c3)C(CC(C)C)C2)c1. The van der Waals surface area contributed by atoms with E-state index in [0.29, 0.717) is 36.0 Å². The van der Waals surface area contributed by atoms with Gasteiger partial charge in [0.05, 0.1) is 20.1 Å². The maximum atomic E-state index is 14.7. The minimum absolute atomic E-state index is 0.0675. The summed E-state index contributed by atoms with van der Waals surface area (Å²) >= 11 is 0. The van der Waals surface area contributed by atoms with Crippen molar-refractivity contribution in [3.8, 4) is 11.5 Å². The van der Waals surface area contributed by atoms with Gasteiger partial charge in [0.2, 0.25) is 0 Å². The van der Waals surface area contributed by atoms with Crippen LogP contribution in [0.3, 0.4) is 0 Å². The Balaban J connectivity index is 1.43. The van der Waals surface area contributed by atoms with Crippen molar-refractivity contribution in [2.45, 2.75) is 70.6 Å². The molecule has 190 valence electrons. The van der Waals surface area contributed by atoms with Crippen molar-refractivity contribution >= 4 is 5.97 Å². The van der Waals surface area contributed by atoms with Crippen LogP contribution in [-0.2, 0) is 4.79 Å². The Morgan fingerprint density at radius 2 is 1.86 bits per heavy atom. The van der Waals surface area contributed by atoms with Gasteiger partial charge < -0.3 is 14.6 Å². The van der Waals surface area contributed by atoms with Gasteiger partial charge in [-0.2, -0.15) is 0 Å². The van der Waals surface area contributed by atoms with E-state index in [9.17, 15) is 14.3 Å². The smallest absolute Gasteiger partial charge is 0.303 e. The van der Waals surface area contributed by atoms with Crippen LogP contribution in [0.5, 0.6) is 11.5 Å². The molecule has 0 amide bonds. The van der Waals surface area contributed by atoms with Crippen molar-refractivity contribution in [1.82, 2.24) is 0 Å². The number of carboxylic acid groups (broad SMARTS) is 1. The van der Waals surface area contributed by atoms with E-state index in [-0.39, 0.29) is 24.1 Å². The molecular formula is C30H39FO4. The molecule has 35 heavy (non-hydrogen) atoms. The average molecular weight is 483 g/mol. The predicted molar refractivity (Wildman–Crippen MR) is 136 cm³/mol. The zero-order valence-corrected chi connectivity index (χ0v) is 21.2. The summed E-state index contributed by atoms with van der Waals surface area (Å²) in [5, 5.41) is 9.35. The van der Waals surface area contributed by atoms with Crippen LogP contribution in [0.25, 0.3) is 0 Å². The summed E-state index contributed by atoms with van der Waals surface area (Å²) in [7, 11) is 1.62. The van der Waals surface area contributed by atoms with Gasteiger partial charge in [-0.15, -0.1) is 0 Å². The minimum atomic E-state index is -0.742. The van der Waals surface area contributed by atoms with Crippen LogP contribution in [0, 0.1) is 29.5 Å². The normalized spacial score (nSPS) is 23.2. The van der Waals surface area contributed by atoms with Gasteiger partial charge in [-0.3, -0.25) is 4.79 Å². The number of methoxy groups -OCH3 is 1. The second-order valence-corrected chi connectivity index (χ2v) is 11.0. The molecule has 2 saturated carbocycles. The van der Waals surface area contributed by atoms with E-state index < -0.39 is 5.97 Å². The number of rotatable bonds is 11. The van der Waals surface area contributed by atoms with Crippen LogP contribution in [-0.4, -0.2) is 24.8 Å². The molecule has 4 nitrogen and oxygen atoms in total. The Morgan fingerprint density at radius 1 is 1.06 bits per heavy atom. The van der Waals surface area contributed by atoms with Gasteiger partial charge in [-0.25, -0.2) is 4.39 Å². The van der Waals surface area contributed by atoms with Gasteiger partial charge in [0.1, 0.15) is 17.3 Å². The lowest BCUT2D eigenvalue weighted by molar-refractivity contribution is -0.137. The van der Waals surface area contributed by atoms with Crippen molar-refractivity contribution in [2.75, 3.05) is 13.7 Å². The number of carbonyl (C=O) groups is 1. The van der Waals surface area contributed by atoms with E-state index >= 15 is 0 Å². The van der Waals surface area contributed by atoms with E-state index in [2.05, 4.69) is 13.8 Å². The first-order chi connectivity index (χ1) is 16.8. The summed E-state index contributed by atoms with van der Waals surface area (Å²) < 4.78 is 26.3. The molecule has 0 heterocycles. The Kier molecular flexibility index (Phi) is 8.35. The highest BCUT2D eigenvalue weighted by atomic mass is 19.1. The molecule has 4 rings (SSSR count). The van der Waals surface area contributed by atoms with Gasteiger partial charge in [0.25, 0.3) is 0 Å². The summed E-state index contributed by atoms with van der Waals surface area (Å²) in [5.74, 6) is 2.84.